The predicted octanol–water partition coefficient (Wildman–Crippen LogP) is 5.31. The topological polar surface area (TPSA) is 20.3 Å². The van der Waals surface area contributed by atoms with Crippen LogP contribution in [0.15, 0.2) is 0 Å². The molecule has 0 aromatic rings. The summed E-state index contributed by atoms with van der Waals surface area (Å²) >= 11 is 0. The van der Waals surface area contributed by atoms with E-state index in [1.54, 1.807) is 0 Å². The van der Waals surface area contributed by atoms with Gasteiger partial charge in [0.25, 0.3) is 0 Å². The normalized spacial score (nSPS) is 16.4. The number of amides is 1. The third kappa shape index (κ3) is 8.60. The van der Waals surface area contributed by atoms with Crippen LogP contribution in [-0.2, 0) is 4.79 Å². The van der Waals surface area contributed by atoms with E-state index in [4.69, 9.17) is 0 Å². The van der Waals surface area contributed by atoms with Gasteiger partial charge in [0.2, 0.25) is 5.91 Å². The van der Waals surface area contributed by atoms with E-state index in [2.05, 4.69) is 11.8 Å². The lowest BCUT2D eigenvalue weighted by Gasteiger charge is -2.20. The molecule has 0 aromatic heterocycles. The standard InChI is InChI=1S/C18H35NO/c1-2-3-4-5-6-7-8-9-10-13-16-19-17-14-11-12-15-18(19)20/h2-17H2,1H3. The fraction of sp³-hybridized carbons (Fsp3) is 0.944. The Morgan fingerprint density at radius 3 is 2.05 bits per heavy atom. The van der Waals surface area contributed by atoms with E-state index in [1.807, 2.05) is 0 Å². The highest BCUT2D eigenvalue weighted by atomic mass is 16.2. The molecule has 2 nitrogen and oxygen atoms in total. The fourth-order valence-corrected chi connectivity index (χ4v) is 3.07. The van der Waals surface area contributed by atoms with Crippen molar-refractivity contribution in [3.63, 3.8) is 0 Å². The summed E-state index contributed by atoms with van der Waals surface area (Å²) in [7, 11) is 0. The number of rotatable bonds is 11. The van der Waals surface area contributed by atoms with Gasteiger partial charge in [0.15, 0.2) is 0 Å². The van der Waals surface area contributed by atoms with Gasteiger partial charge in [-0.05, 0) is 19.3 Å². The van der Waals surface area contributed by atoms with E-state index >= 15 is 0 Å². The maximum absolute atomic E-state index is 11.8. The van der Waals surface area contributed by atoms with Crippen molar-refractivity contribution in [1.29, 1.82) is 0 Å². The van der Waals surface area contributed by atoms with Gasteiger partial charge < -0.3 is 4.90 Å². The Kier molecular flexibility index (Phi) is 10.7. The molecule has 1 saturated heterocycles. The summed E-state index contributed by atoms with van der Waals surface area (Å²) in [6.07, 6.45) is 18.0. The minimum atomic E-state index is 0.401. The molecule has 1 heterocycles. The van der Waals surface area contributed by atoms with Crippen LogP contribution in [0.2, 0.25) is 0 Å². The lowest BCUT2D eigenvalue weighted by Crippen LogP contribution is -2.31. The van der Waals surface area contributed by atoms with Crippen molar-refractivity contribution >= 4 is 5.91 Å². The first-order valence-corrected chi connectivity index (χ1v) is 9.12. The van der Waals surface area contributed by atoms with E-state index in [9.17, 15) is 4.79 Å². The molecule has 0 N–H and O–H groups in total. The second-order valence-corrected chi connectivity index (χ2v) is 6.37. The molecule has 1 rings (SSSR count). The zero-order valence-electron chi connectivity index (χ0n) is 13.7. The number of carbonyl (C=O) groups excluding carboxylic acids is 1. The summed E-state index contributed by atoms with van der Waals surface area (Å²) in [6.45, 7) is 4.29. The third-order valence-electron chi connectivity index (χ3n) is 4.45. The number of unbranched alkanes of at least 4 members (excludes halogenated alkanes) is 9. The Morgan fingerprint density at radius 1 is 0.800 bits per heavy atom. The van der Waals surface area contributed by atoms with Crippen molar-refractivity contribution in [3.05, 3.63) is 0 Å². The molecule has 1 amide bonds. The molecule has 0 atom stereocenters. The van der Waals surface area contributed by atoms with Gasteiger partial charge in [0.1, 0.15) is 0 Å². The number of hydrogen-bond acceptors (Lipinski definition) is 1. The molecule has 0 spiro atoms. The van der Waals surface area contributed by atoms with E-state index in [0.29, 0.717) is 5.91 Å². The van der Waals surface area contributed by atoms with Crippen molar-refractivity contribution in [2.45, 2.75) is 96.8 Å². The van der Waals surface area contributed by atoms with Gasteiger partial charge in [0.05, 0.1) is 0 Å². The van der Waals surface area contributed by atoms with Crippen LogP contribution < -0.4 is 0 Å². The molecule has 0 aliphatic carbocycles. The third-order valence-corrected chi connectivity index (χ3v) is 4.45. The van der Waals surface area contributed by atoms with E-state index in [1.165, 1.54) is 77.0 Å². The van der Waals surface area contributed by atoms with Crippen LogP contribution in [0.3, 0.4) is 0 Å². The molecule has 0 unspecified atom stereocenters. The van der Waals surface area contributed by atoms with Crippen LogP contribution in [0, 0.1) is 0 Å². The average molecular weight is 281 g/mol. The number of nitrogens with zero attached hydrogens (tertiary/aromatic N) is 1. The van der Waals surface area contributed by atoms with Crippen LogP contribution in [0.25, 0.3) is 0 Å². The highest BCUT2D eigenvalue weighted by Crippen LogP contribution is 2.14. The monoisotopic (exact) mass is 281 g/mol. The summed E-state index contributed by atoms with van der Waals surface area (Å²) in [5.74, 6) is 0.401. The first kappa shape index (κ1) is 17.5. The SMILES string of the molecule is CCCCCCCCCCCCN1CCCCCC1=O. The largest absolute Gasteiger partial charge is 0.343 e. The highest BCUT2D eigenvalue weighted by molar-refractivity contribution is 5.76. The fourth-order valence-electron chi connectivity index (χ4n) is 3.07. The molecule has 2 heteroatoms. The van der Waals surface area contributed by atoms with E-state index in [0.717, 1.165) is 25.9 Å². The molecule has 20 heavy (non-hydrogen) atoms. The van der Waals surface area contributed by atoms with Gasteiger partial charge in [-0.25, -0.2) is 0 Å². The molecule has 0 saturated carbocycles. The molecule has 1 fully saturated rings. The van der Waals surface area contributed by atoms with Gasteiger partial charge in [0, 0.05) is 19.5 Å². The summed E-state index contributed by atoms with van der Waals surface area (Å²) in [4.78, 5) is 13.9. The van der Waals surface area contributed by atoms with Gasteiger partial charge in [-0.3, -0.25) is 4.79 Å². The van der Waals surface area contributed by atoms with E-state index in [-0.39, 0.29) is 0 Å². The molecular formula is C18H35NO. The molecule has 0 radical (unpaired) electrons. The van der Waals surface area contributed by atoms with Crippen molar-refractivity contribution < 1.29 is 4.79 Å². The van der Waals surface area contributed by atoms with E-state index < -0.39 is 0 Å². The Bertz CT molecular complexity index is 240. The molecule has 0 aromatic carbocycles. The summed E-state index contributed by atoms with van der Waals surface area (Å²) < 4.78 is 0. The van der Waals surface area contributed by atoms with Crippen molar-refractivity contribution in [2.75, 3.05) is 13.1 Å². The summed E-state index contributed by atoms with van der Waals surface area (Å²) in [5, 5.41) is 0. The quantitative estimate of drug-likeness (QED) is 0.470. The van der Waals surface area contributed by atoms with Crippen molar-refractivity contribution in [3.8, 4) is 0 Å². The van der Waals surface area contributed by atoms with Crippen LogP contribution in [-0.4, -0.2) is 23.9 Å². The maximum Gasteiger partial charge on any atom is 0.222 e. The minimum absolute atomic E-state index is 0.401. The van der Waals surface area contributed by atoms with Gasteiger partial charge in [-0.15, -0.1) is 0 Å². The lowest BCUT2D eigenvalue weighted by molar-refractivity contribution is -0.130. The Morgan fingerprint density at radius 2 is 1.40 bits per heavy atom. The summed E-state index contributed by atoms with van der Waals surface area (Å²) in [5.41, 5.74) is 0. The molecule has 0 bridgehead atoms. The number of carbonyl (C=O) groups is 1. The van der Waals surface area contributed by atoms with Crippen molar-refractivity contribution in [1.82, 2.24) is 4.90 Å². The van der Waals surface area contributed by atoms with Crippen LogP contribution >= 0.6 is 0 Å². The second kappa shape index (κ2) is 12.2. The van der Waals surface area contributed by atoms with Crippen LogP contribution in [0.1, 0.15) is 96.8 Å². The van der Waals surface area contributed by atoms with Crippen LogP contribution in [0.4, 0.5) is 0 Å². The maximum atomic E-state index is 11.8. The van der Waals surface area contributed by atoms with Gasteiger partial charge >= 0.3 is 0 Å². The lowest BCUT2D eigenvalue weighted by atomic mass is 10.1. The number of hydrogen-bond donors (Lipinski definition) is 0. The molecule has 1 aliphatic heterocycles. The van der Waals surface area contributed by atoms with Crippen molar-refractivity contribution in [2.24, 2.45) is 0 Å². The molecule has 118 valence electrons. The smallest absolute Gasteiger partial charge is 0.222 e. The highest BCUT2D eigenvalue weighted by Gasteiger charge is 2.15. The number of likely N-dealkylation sites (tertiary alicyclic amines) is 1. The second-order valence-electron chi connectivity index (χ2n) is 6.37. The first-order valence-electron chi connectivity index (χ1n) is 9.12. The Balaban J connectivity index is 1.87. The Hall–Kier alpha value is -0.530. The minimum Gasteiger partial charge on any atom is -0.343 e. The van der Waals surface area contributed by atoms with Gasteiger partial charge in [-0.2, -0.15) is 0 Å². The average Bonchev–Trinajstić information content (AvgIpc) is 2.66. The van der Waals surface area contributed by atoms with Gasteiger partial charge in [-0.1, -0.05) is 71.1 Å². The zero-order valence-corrected chi connectivity index (χ0v) is 13.7. The van der Waals surface area contributed by atoms with Crippen LogP contribution in [0.5, 0.6) is 0 Å². The zero-order chi connectivity index (χ0) is 14.5. The summed E-state index contributed by atoms with van der Waals surface area (Å²) in [6, 6.07) is 0. The molecular weight excluding hydrogens is 246 g/mol. The predicted molar refractivity (Wildman–Crippen MR) is 86.9 cm³/mol. The molecule has 1 aliphatic rings. The first-order chi connectivity index (χ1) is 9.84. The Labute approximate surface area is 126 Å².